The zero-order chi connectivity index (χ0) is 18.7. The van der Waals surface area contributed by atoms with Crippen molar-refractivity contribution in [3.63, 3.8) is 0 Å². The number of nitrogens with zero attached hydrogens (tertiary/aromatic N) is 2. The van der Waals surface area contributed by atoms with Crippen molar-refractivity contribution in [3.8, 4) is 5.88 Å². The molecule has 2 atom stereocenters. The minimum absolute atomic E-state index is 0.00260. The minimum atomic E-state index is -0.780. The number of hydrogen-bond donors (Lipinski definition) is 1. The molecule has 1 aromatic heterocycles. The molecule has 7 nitrogen and oxygen atoms in total. The van der Waals surface area contributed by atoms with Crippen molar-refractivity contribution >= 4 is 11.9 Å². The van der Waals surface area contributed by atoms with E-state index in [9.17, 15) is 14.7 Å². The van der Waals surface area contributed by atoms with Gasteiger partial charge in [-0.1, -0.05) is 6.07 Å². The van der Waals surface area contributed by atoms with Gasteiger partial charge < -0.3 is 19.5 Å². The van der Waals surface area contributed by atoms with Crippen molar-refractivity contribution in [1.82, 2.24) is 9.88 Å². The Bertz CT molecular complexity index is 655. The maximum Gasteiger partial charge on any atom is 0.309 e. The molecule has 1 aromatic rings. The number of carboxylic acid groups (broad SMARTS) is 1. The van der Waals surface area contributed by atoms with Crippen molar-refractivity contribution in [2.75, 3.05) is 19.7 Å². The normalized spacial score (nSPS) is 24.0. The van der Waals surface area contributed by atoms with Gasteiger partial charge in [0, 0.05) is 25.8 Å². The summed E-state index contributed by atoms with van der Waals surface area (Å²) in [6.45, 7) is 5.51. The molecular weight excluding hydrogens is 336 g/mol. The fraction of sp³-hybridized carbons (Fsp3) is 0.632. The SMILES string of the molecule is CC(C)Oc1cccc(C(=O)N2CCC([C@@H]3OCCC3C(=O)O)CC2)n1. The summed E-state index contributed by atoms with van der Waals surface area (Å²) >= 11 is 0. The van der Waals surface area contributed by atoms with Crippen LogP contribution in [-0.4, -0.2) is 58.8 Å². The summed E-state index contributed by atoms with van der Waals surface area (Å²) in [4.78, 5) is 30.2. The highest BCUT2D eigenvalue weighted by Crippen LogP contribution is 2.33. The lowest BCUT2D eigenvalue weighted by Crippen LogP contribution is -2.43. The lowest BCUT2D eigenvalue weighted by Gasteiger charge is -2.35. The second kappa shape index (κ2) is 8.03. The van der Waals surface area contributed by atoms with Gasteiger partial charge in [-0.05, 0) is 45.1 Å². The molecule has 2 saturated heterocycles. The number of piperidine rings is 1. The number of carbonyl (C=O) groups excluding carboxylic acids is 1. The van der Waals surface area contributed by atoms with Crippen molar-refractivity contribution < 1.29 is 24.2 Å². The molecule has 142 valence electrons. The topological polar surface area (TPSA) is 89.0 Å². The molecule has 1 N–H and O–H groups in total. The molecule has 26 heavy (non-hydrogen) atoms. The number of carbonyl (C=O) groups is 2. The van der Waals surface area contributed by atoms with Gasteiger partial charge in [0.1, 0.15) is 5.69 Å². The van der Waals surface area contributed by atoms with Gasteiger partial charge in [0.2, 0.25) is 5.88 Å². The van der Waals surface area contributed by atoms with Gasteiger partial charge in [0.25, 0.3) is 5.91 Å². The zero-order valence-corrected chi connectivity index (χ0v) is 15.3. The molecule has 0 radical (unpaired) electrons. The van der Waals surface area contributed by atoms with Gasteiger partial charge in [-0.25, -0.2) is 4.98 Å². The van der Waals surface area contributed by atoms with Gasteiger partial charge in [0.05, 0.1) is 18.1 Å². The van der Waals surface area contributed by atoms with Crippen LogP contribution in [0.1, 0.15) is 43.6 Å². The molecule has 2 aliphatic rings. The van der Waals surface area contributed by atoms with Crippen molar-refractivity contribution in [2.45, 2.75) is 45.3 Å². The molecule has 3 rings (SSSR count). The quantitative estimate of drug-likeness (QED) is 0.864. The number of amides is 1. The van der Waals surface area contributed by atoms with Crippen LogP contribution < -0.4 is 4.74 Å². The number of pyridine rings is 1. The van der Waals surface area contributed by atoms with Gasteiger partial charge in [-0.2, -0.15) is 0 Å². The van der Waals surface area contributed by atoms with E-state index in [4.69, 9.17) is 9.47 Å². The van der Waals surface area contributed by atoms with Gasteiger partial charge in [-0.15, -0.1) is 0 Å². The predicted molar refractivity (Wildman–Crippen MR) is 94.1 cm³/mol. The molecular formula is C19H26N2O5. The Morgan fingerprint density at radius 1 is 1.27 bits per heavy atom. The molecule has 0 bridgehead atoms. The van der Waals surface area contributed by atoms with E-state index in [1.165, 1.54) is 0 Å². The number of likely N-dealkylation sites (tertiary alicyclic amines) is 1. The molecule has 3 heterocycles. The Kier molecular flexibility index (Phi) is 5.76. The van der Waals surface area contributed by atoms with Crippen LogP contribution in [0.15, 0.2) is 18.2 Å². The van der Waals surface area contributed by atoms with Gasteiger partial charge >= 0.3 is 5.97 Å². The monoisotopic (exact) mass is 362 g/mol. The number of rotatable bonds is 5. The number of ether oxygens (including phenoxy) is 2. The molecule has 0 aromatic carbocycles. The standard InChI is InChI=1S/C19H26N2O5/c1-12(2)26-16-5-3-4-15(20-16)18(22)21-9-6-13(7-10-21)17-14(19(23)24)8-11-25-17/h3-5,12-14,17H,6-11H2,1-2H3,(H,23,24)/t14?,17-/m0/s1. The highest BCUT2D eigenvalue weighted by atomic mass is 16.5. The highest BCUT2D eigenvalue weighted by Gasteiger charge is 2.40. The third kappa shape index (κ3) is 4.15. The summed E-state index contributed by atoms with van der Waals surface area (Å²) in [5.74, 6) is -0.679. The molecule has 2 aliphatic heterocycles. The Labute approximate surface area is 153 Å². The van der Waals surface area contributed by atoms with E-state index in [0.717, 1.165) is 12.8 Å². The Morgan fingerprint density at radius 2 is 2.00 bits per heavy atom. The molecule has 1 amide bonds. The highest BCUT2D eigenvalue weighted by molar-refractivity contribution is 5.92. The average molecular weight is 362 g/mol. The van der Waals surface area contributed by atoms with Gasteiger partial charge in [0.15, 0.2) is 0 Å². The van der Waals surface area contributed by atoms with Crippen LogP contribution in [0, 0.1) is 11.8 Å². The van der Waals surface area contributed by atoms with Gasteiger partial charge in [-0.3, -0.25) is 9.59 Å². The molecule has 7 heteroatoms. The Hall–Kier alpha value is -2.15. The van der Waals surface area contributed by atoms with E-state index in [0.29, 0.717) is 37.7 Å². The van der Waals surface area contributed by atoms with E-state index in [2.05, 4.69) is 4.98 Å². The predicted octanol–water partition coefficient (Wildman–Crippen LogP) is 2.21. The van der Waals surface area contributed by atoms with Crippen LogP contribution in [0.5, 0.6) is 5.88 Å². The number of carboxylic acids is 1. The first-order valence-electron chi connectivity index (χ1n) is 9.23. The summed E-state index contributed by atoms with van der Waals surface area (Å²) in [6, 6.07) is 5.21. The van der Waals surface area contributed by atoms with Crippen molar-refractivity contribution in [3.05, 3.63) is 23.9 Å². The number of aliphatic carboxylic acids is 1. The van der Waals surface area contributed by atoms with E-state index in [1.54, 1.807) is 23.1 Å². The zero-order valence-electron chi connectivity index (χ0n) is 15.3. The van der Waals surface area contributed by atoms with E-state index in [1.807, 2.05) is 13.8 Å². The van der Waals surface area contributed by atoms with E-state index >= 15 is 0 Å². The summed E-state index contributed by atoms with van der Waals surface area (Å²) in [5, 5.41) is 9.33. The third-order valence-electron chi connectivity index (χ3n) is 5.04. The summed E-state index contributed by atoms with van der Waals surface area (Å²) in [5.41, 5.74) is 0.377. The van der Waals surface area contributed by atoms with Crippen LogP contribution in [0.2, 0.25) is 0 Å². The van der Waals surface area contributed by atoms with Crippen LogP contribution >= 0.6 is 0 Å². The first-order valence-corrected chi connectivity index (χ1v) is 9.23. The van der Waals surface area contributed by atoms with Crippen LogP contribution in [-0.2, 0) is 9.53 Å². The summed E-state index contributed by atoms with van der Waals surface area (Å²) in [6.07, 6.45) is 1.85. The second-order valence-electron chi connectivity index (χ2n) is 7.23. The maximum absolute atomic E-state index is 12.7. The molecule has 0 saturated carbocycles. The molecule has 0 spiro atoms. The van der Waals surface area contributed by atoms with E-state index < -0.39 is 11.9 Å². The van der Waals surface area contributed by atoms with Crippen LogP contribution in [0.4, 0.5) is 0 Å². The fourth-order valence-corrected chi connectivity index (χ4v) is 3.77. The number of hydrogen-bond acceptors (Lipinski definition) is 5. The number of aromatic nitrogens is 1. The van der Waals surface area contributed by atoms with E-state index in [-0.39, 0.29) is 24.0 Å². The summed E-state index contributed by atoms with van der Waals surface area (Å²) in [7, 11) is 0. The lowest BCUT2D eigenvalue weighted by atomic mass is 9.84. The molecule has 1 unspecified atom stereocenters. The minimum Gasteiger partial charge on any atom is -0.481 e. The largest absolute Gasteiger partial charge is 0.481 e. The fourth-order valence-electron chi connectivity index (χ4n) is 3.77. The Balaban J connectivity index is 1.59. The molecule has 2 fully saturated rings. The Morgan fingerprint density at radius 3 is 2.65 bits per heavy atom. The first-order chi connectivity index (χ1) is 12.5. The smallest absolute Gasteiger partial charge is 0.309 e. The van der Waals surface area contributed by atoms with Crippen molar-refractivity contribution in [2.24, 2.45) is 11.8 Å². The average Bonchev–Trinajstić information content (AvgIpc) is 3.11. The van der Waals surface area contributed by atoms with Crippen LogP contribution in [0.25, 0.3) is 0 Å². The van der Waals surface area contributed by atoms with Crippen LogP contribution in [0.3, 0.4) is 0 Å². The third-order valence-corrected chi connectivity index (χ3v) is 5.04. The maximum atomic E-state index is 12.7. The molecule has 0 aliphatic carbocycles. The van der Waals surface area contributed by atoms with Crippen molar-refractivity contribution in [1.29, 1.82) is 0 Å². The first kappa shape index (κ1) is 18.6. The summed E-state index contributed by atoms with van der Waals surface area (Å²) < 4.78 is 11.2. The second-order valence-corrected chi connectivity index (χ2v) is 7.23. The lowest BCUT2D eigenvalue weighted by molar-refractivity contribution is -0.145.